The Morgan fingerprint density at radius 2 is 1.89 bits per heavy atom. The molecule has 1 aliphatic heterocycles. The van der Waals surface area contributed by atoms with Gasteiger partial charge in [-0.05, 0) is 48.4 Å². The zero-order chi connectivity index (χ0) is 20.1. The van der Waals surface area contributed by atoms with Crippen LogP contribution in [-0.2, 0) is 33.1 Å². The number of amides is 3. The molecule has 6 nitrogen and oxygen atoms in total. The normalized spacial score (nSPS) is 22.0. The van der Waals surface area contributed by atoms with Crippen molar-refractivity contribution in [1.82, 2.24) is 10.2 Å². The molecule has 148 valence electrons. The molecule has 10 heteroatoms. The van der Waals surface area contributed by atoms with Crippen LogP contribution in [0.1, 0.15) is 28.8 Å². The molecule has 2 aliphatic rings. The Labute approximate surface area is 164 Å². The van der Waals surface area contributed by atoms with Crippen LogP contribution in [0.4, 0.5) is 13.6 Å². The van der Waals surface area contributed by atoms with Gasteiger partial charge in [0.15, 0.2) is 0 Å². The number of nitrogens with zero attached hydrogens (tertiary/aromatic N) is 1. The second-order valence-corrected chi connectivity index (χ2v) is 9.71. The first-order chi connectivity index (χ1) is 13.3. The molecular weight excluding hydrogens is 410 g/mol. The summed E-state index contributed by atoms with van der Waals surface area (Å²) < 4.78 is 48.3. The van der Waals surface area contributed by atoms with E-state index in [1.807, 2.05) is 11.4 Å². The molecule has 1 aliphatic carbocycles. The molecule has 2 heterocycles. The van der Waals surface area contributed by atoms with Crippen LogP contribution < -0.4 is 5.32 Å². The van der Waals surface area contributed by atoms with E-state index >= 15 is 0 Å². The number of hydrogen-bond acceptors (Lipinski definition) is 5. The van der Waals surface area contributed by atoms with Gasteiger partial charge in [0.25, 0.3) is 5.91 Å². The molecule has 28 heavy (non-hydrogen) atoms. The van der Waals surface area contributed by atoms with Gasteiger partial charge in [0.05, 0.1) is 11.4 Å². The van der Waals surface area contributed by atoms with Crippen LogP contribution >= 0.6 is 11.3 Å². The van der Waals surface area contributed by atoms with E-state index in [0.29, 0.717) is 12.0 Å². The quantitative estimate of drug-likeness (QED) is 0.762. The summed E-state index contributed by atoms with van der Waals surface area (Å²) in [4.78, 5) is 27.3. The van der Waals surface area contributed by atoms with Crippen molar-refractivity contribution in [3.05, 3.63) is 51.7 Å². The largest absolute Gasteiger partial charge is 0.341 e. The molecule has 4 rings (SSSR count). The number of carbonyl (C=O) groups excluding carboxylic acids is 2. The van der Waals surface area contributed by atoms with Gasteiger partial charge in [0.1, 0.15) is 5.54 Å². The van der Waals surface area contributed by atoms with Crippen LogP contribution in [0.2, 0.25) is 0 Å². The molecule has 1 aromatic carbocycles. The summed E-state index contributed by atoms with van der Waals surface area (Å²) in [5.74, 6) is -3.85. The van der Waals surface area contributed by atoms with Gasteiger partial charge in [-0.1, -0.05) is 12.1 Å². The first-order valence-electron chi connectivity index (χ1n) is 8.58. The molecule has 0 radical (unpaired) electrons. The lowest BCUT2D eigenvalue weighted by Crippen LogP contribution is -2.46. The maximum absolute atomic E-state index is 13.1. The molecule has 3 amide bonds. The fraction of sp³-hybridized carbons (Fsp3) is 0.333. The van der Waals surface area contributed by atoms with E-state index in [2.05, 4.69) is 5.32 Å². The van der Waals surface area contributed by atoms with E-state index in [0.717, 1.165) is 40.3 Å². The lowest BCUT2D eigenvalue weighted by atomic mass is 9.80. The number of urea groups is 1. The molecule has 1 saturated heterocycles. The van der Waals surface area contributed by atoms with Crippen LogP contribution in [0.3, 0.4) is 0 Å². The van der Waals surface area contributed by atoms with Crippen molar-refractivity contribution < 1.29 is 26.8 Å². The van der Waals surface area contributed by atoms with E-state index in [1.54, 1.807) is 11.3 Å². The van der Waals surface area contributed by atoms with Crippen molar-refractivity contribution in [2.24, 2.45) is 0 Å². The van der Waals surface area contributed by atoms with Crippen LogP contribution in [-0.4, -0.2) is 31.0 Å². The zero-order valence-electron chi connectivity index (χ0n) is 14.5. The topological polar surface area (TPSA) is 83.6 Å². The number of aryl methyl sites for hydroxylation is 1. The maximum atomic E-state index is 13.1. The Kier molecular flexibility index (Phi) is 4.50. The second kappa shape index (κ2) is 6.63. The molecule has 1 atom stereocenters. The average Bonchev–Trinajstić information content (AvgIpc) is 3.23. The maximum Gasteiger partial charge on any atom is 0.341 e. The Morgan fingerprint density at radius 1 is 1.18 bits per heavy atom. The predicted octanol–water partition coefficient (Wildman–Crippen LogP) is 3.03. The first-order valence-corrected chi connectivity index (χ1v) is 11.0. The van der Waals surface area contributed by atoms with Crippen molar-refractivity contribution in [2.45, 2.75) is 42.0 Å². The summed E-state index contributed by atoms with van der Waals surface area (Å²) in [7, 11) is -4.68. The minimum Gasteiger partial charge on any atom is -0.319 e. The van der Waals surface area contributed by atoms with Crippen molar-refractivity contribution >= 4 is 33.1 Å². The van der Waals surface area contributed by atoms with Crippen molar-refractivity contribution in [3.8, 4) is 0 Å². The van der Waals surface area contributed by atoms with Gasteiger partial charge in [-0.15, -0.1) is 11.3 Å². The van der Waals surface area contributed by atoms with E-state index < -0.39 is 32.1 Å². The Hall–Kier alpha value is -2.33. The van der Waals surface area contributed by atoms with Crippen LogP contribution in [0.5, 0.6) is 0 Å². The van der Waals surface area contributed by atoms with Crippen molar-refractivity contribution in [2.75, 3.05) is 0 Å². The lowest BCUT2D eigenvalue weighted by Gasteiger charge is -2.31. The van der Waals surface area contributed by atoms with Gasteiger partial charge in [0.2, 0.25) is 9.84 Å². The number of benzene rings is 1. The number of rotatable bonds is 4. The Balaban J connectivity index is 1.59. The van der Waals surface area contributed by atoms with E-state index in [1.165, 1.54) is 12.1 Å². The molecule has 0 bridgehead atoms. The van der Waals surface area contributed by atoms with E-state index in [4.69, 9.17) is 0 Å². The standard InChI is InChI=1S/C18H16F2N2O4S2/c19-16(20)28(25,26)12-5-3-11(4-6-12)10-22-15(23)18(21-17(22)24)8-1-2-14-13(18)7-9-27-14/h3-7,9,16H,1-2,8,10H2,(H,21,24). The Morgan fingerprint density at radius 3 is 2.57 bits per heavy atom. The van der Waals surface area contributed by atoms with E-state index in [9.17, 15) is 26.8 Å². The molecular formula is C18H16F2N2O4S2. The molecule has 1 N–H and O–H groups in total. The summed E-state index contributed by atoms with van der Waals surface area (Å²) in [6.07, 6.45) is 2.18. The van der Waals surface area contributed by atoms with Crippen LogP contribution in [0.25, 0.3) is 0 Å². The van der Waals surface area contributed by atoms with Crippen LogP contribution in [0.15, 0.2) is 40.6 Å². The summed E-state index contributed by atoms with van der Waals surface area (Å²) in [6.45, 7) is -0.0686. The van der Waals surface area contributed by atoms with Crippen molar-refractivity contribution in [1.29, 1.82) is 0 Å². The van der Waals surface area contributed by atoms with Gasteiger partial charge >= 0.3 is 11.8 Å². The zero-order valence-corrected chi connectivity index (χ0v) is 16.2. The highest BCUT2D eigenvalue weighted by Crippen LogP contribution is 2.42. The lowest BCUT2D eigenvalue weighted by molar-refractivity contribution is -0.132. The molecule has 1 unspecified atom stereocenters. The number of fused-ring (bicyclic) bond motifs is 2. The third-order valence-corrected chi connectivity index (χ3v) is 7.54. The molecule has 1 fully saturated rings. The number of imide groups is 1. The highest BCUT2D eigenvalue weighted by molar-refractivity contribution is 7.91. The SMILES string of the molecule is O=C1NC2(CCCc3sccc32)C(=O)N1Cc1ccc(S(=O)(=O)C(F)F)cc1. The highest BCUT2D eigenvalue weighted by Gasteiger charge is 2.54. The van der Waals surface area contributed by atoms with Gasteiger partial charge in [-0.3, -0.25) is 9.69 Å². The third kappa shape index (κ3) is 2.82. The van der Waals surface area contributed by atoms with Gasteiger partial charge in [0, 0.05) is 10.4 Å². The molecule has 0 saturated carbocycles. The van der Waals surface area contributed by atoms with Gasteiger partial charge in [-0.25, -0.2) is 13.2 Å². The highest BCUT2D eigenvalue weighted by atomic mass is 32.2. The summed E-state index contributed by atoms with van der Waals surface area (Å²) in [5, 5.41) is 4.74. The minimum atomic E-state index is -4.68. The van der Waals surface area contributed by atoms with Crippen molar-refractivity contribution in [3.63, 3.8) is 0 Å². The monoisotopic (exact) mass is 426 g/mol. The second-order valence-electron chi connectivity index (χ2n) is 6.79. The van der Waals surface area contributed by atoms with Gasteiger partial charge in [-0.2, -0.15) is 8.78 Å². The first kappa shape index (κ1) is 19.0. The molecule has 2 aromatic rings. The predicted molar refractivity (Wildman–Crippen MR) is 97.6 cm³/mol. The summed E-state index contributed by atoms with van der Waals surface area (Å²) in [6, 6.07) is 6.12. The van der Waals surface area contributed by atoms with Gasteiger partial charge < -0.3 is 5.32 Å². The number of halogens is 2. The smallest absolute Gasteiger partial charge is 0.319 e. The average molecular weight is 426 g/mol. The fourth-order valence-corrected chi connectivity index (χ4v) is 5.48. The number of hydrogen-bond donors (Lipinski definition) is 1. The number of nitrogens with one attached hydrogen (secondary N) is 1. The number of thiophene rings is 1. The summed E-state index contributed by atoms with van der Waals surface area (Å²) >= 11 is 1.56. The molecule has 1 spiro atoms. The third-order valence-electron chi connectivity index (χ3n) is 5.16. The van der Waals surface area contributed by atoms with Crippen LogP contribution in [0, 0.1) is 0 Å². The number of carbonyl (C=O) groups is 2. The number of sulfone groups is 1. The Bertz CT molecular complexity index is 1050. The summed E-state index contributed by atoms with van der Waals surface area (Å²) in [5.41, 5.74) is 0.252. The fourth-order valence-electron chi connectivity index (χ4n) is 3.75. The molecule has 1 aromatic heterocycles. The minimum absolute atomic E-state index is 0.0686. The van der Waals surface area contributed by atoms with E-state index in [-0.39, 0.29) is 12.5 Å². The number of alkyl halides is 2.